The summed E-state index contributed by atoms with van der Waals surface area (Å²) in [5, 5.41) is 11.2. The van der Waals surface area contributed by atoms with Gasteiger partial charge in [-0.05, 0) is 47.7 Å². The largest absolute Gasteiger partial charge is 0.383 e. The molecule has 0 amide bonds. The van der Waals surface area contributed by atoms with Crippen molar-refractivity contribution >= 4 is 39.0 Å². The molecule has 0 unspecified atom stereocenters. The summed E-state index contributed by atoms with van der Waals surface area (Å²) in [6.07, 6.45) is 9.69. The number of hydrogen-bond acceptors (Lipinski definition) is 6. The van der Waals surface area contributed by atoms with Crippen LogP contribution in [0.15, 0.2) is 73.4 Å². The highest BCUT2D eigenvalue weighted by Crippen LogP contribution is 2.23. The number of nitrogens with zero attached hydrogens (tertiary/aromatic N) is 6. The number of rotatable bonds is 5. The highest BCUT2D eigenvalue weighted by Gasteiger charge is 2.09. The van der Waals surface area contributed by atoms with E-state index in [0.29, 0.717) is 18.9 Å². The molecule has 0 aliphatic carbocycles. The molecule has 5 heterocycles. The van der Waals surface area contributed by atoms with Crippen molar-refractivity contribution < 1.29 is 0 Å². The standard InChI is InChI=1S/C25H22N8/c1-16-12-32-13-18(3-5-23(32)30-16)14-33-15-21-22(31-33)7-9-28-25(21)29-11-17-2-4-20-19(10-17)6-8-27-24(20)26/h2-10,12-13,15H,11,14H2,1H3,(H2,26,27)(H,28,29). The zero-order valence-electron chi connectivity index (χ0n) is 18.1. The molecule has 0 saturated heterocycles. The van der Waals surface area contributed by atoms with Crippen LogP contribution >= 0.6 is 0 Å². The van der Waals surface area contributed by atoms with Crippen molar-refractivity contribution in [1.29, 1.82) is 0 Å². The minimum absolute atomic E-state index is 0.549. The second-order valence-electron chi connectivity index (χ2n) is 8.21. The van der Waals surface area contributed by atoms with Gasteiger partial charge in [-0.25, -0.2) is 15.0 Å². The summed E-state index contributed by atoms with van der Waals surface area (Å²) in [6.45, 7) is 3.31. The van der Waals surface area contributed by atoms with Crippen molar-refractivity contribution in [2.75, 3.05) is 11.1 Å². The minimum Gasteiger partial charge on any atom is -0.383 e. The van der Waals surface area contributed by atoms with Gasteiger partial charge in [0.15, 0.2) is 0 Å². The number of nitrogens with one attached hydrogen (secondary N) is 1. The predicted molar refractivity (Wildman–Crippen MR) is 130 cm³/mol. The van der Waals surface area contributed by atoms with Gasteiger partial charge in [-0.15, -0.1) is 0 Å². The summed E-state index contributed by atoms with van der Waals surface area (Å²) in [7, 11) is 0. The van der Waals surface area contributed by atoms with E-state index < -0.39 is 0 Å². The number of fused-ring (bicyclic) bond motifs is 3. The fourth-order valence-corrected chi connectivity index (χ4v) is 4.21. The molecule has 1 aromatic carbocycles. The van der Waals surface area contributed by atoms with Gasteiger partial charge in [0.2, 0.25) is 0 Å². The van der Waals surface area contributed by atoms with Crippen molar-refractivity contribution in [3.05, 3.63) is 90.3 Å². The fraction of sp³-hybridized carbons (Fsp3) is 0.120. The topological polar surface area (TPSA) is 99.0 Å². The van der Waals surface area contributed by atoms with Crippen molar-refractivity contribution in [3.63, 3.8) is 0 Å². The van der Waals surface area contributed by atoms with Gasteiger partial charge in [0.05, 0.1) is 23.1 Å². The molecule has 0 atom stereocenters. The maximum absolute atomic E-state index is 5.97. The summed E-state index contributed by atoms with van der Waals surface area (Å²) >= 11 is 0. The van der Waals surface area contributed by atoms with Gasteiger partial charge in [-0.3, -0.25) is 4.68 Å². The van der Waals surface area contributed by atoms with Crippen LogP contribution in [0.3, 0.4) is 0 Å². The first-order chi connectivity index (χ1) is 16.1. The fourth-order valence-electron chi connectivity index (χ4n) is 4.21. The molecule has 162 valence electrons. The molecule has 8 heteroatoms. The molecule has 0 saturated carbocycles. The number of anilines is 2. The van der Waals surface area contributed by atoms with Crippen molar-refractivity contribution in [3.8, 4) is 0 Å². The second-order valence-corrected chi connectivity index (χ2v) is 8.21. The van der Waals surface area contributed by atoms with E-state index >= 15 is 0 Å². The molecular weight excluding hydrogens is 412 g/mol. The van der Waals surface area contributed by atoms with Crippen molar-refractivity contribution in [2.24, 2.45) is 0 Å². The highest BCUT2D eigenvalue weighted by atomic mass is 15.3. The van der Waals surface area contributed by atoms with E-state index in [0.717, 1.165) is 50.0 Å². The third-order valence-electron chi connectivity index (χ3n) is 5.78. The van der Waals surface area contributed by atoms with E-state index in [1.54, 1.807) is 12.4 Å². The molecule has 6 rings (SSSR count). The maximum atomic E-state index is 5.97. The van der Waals surface area contributed by atoms with Crippen LogP contribution < -0.4 is 11.1 Å². The van der Waals surface area contributed by atoms with Crippen LogP contribution in [-0.2, 0) is 13.1 Å². The number of benzene rings is 1. The summed E-state index contributed by atoms with van der Waals surface area (Å²) in [4.78, 5) is 13.2. The molecule has 0 aliphatic heterocycles. The Morgan fingerprint density at radius 3 is 2.73 bits per heavy atom. The SMILES string of the molecule is Cc1cn2cc(Cn3cc4c(NCc5ccc6c(N)nccc6c5)nccc4n3)ccc2n1. The third-order valence-corrected chi connectivity index (χ3v) is 5.78. The number of imidazole rings is 1. The summed E-state index contributed by atoms with van der Waals surface area (Å²) in [6, 6.07) is 14.2. The van der Waals surface area contributed by atoms with E-state index in [1.165, 1.54) is 0 Å². The average Bonchev–Trinajstić information content (AvgIpc) is 3.39. The van der Waals surface area contributed by atoms with Gasteiger partial charge in [-0.1, -0.05) is 18.2 Å². The number of nitrogen functional groups attached to an aromatic ring is 1. The van der Waals surface area contributed by atoms with Gasteiger partial charge in [0.1, 0.15) is 17.3 Å². The Morgan fingerprint density at radius 2 is 1.79 bits per heavy atom. The number of pyridine rings is 3. The van der Waals surface area contributed by atoms with E-state index in [4.69, 9.17) is 10.8 Å². The van der Waals surface area contributed by atoms with Gasteiger partial charge in [-0.2, -0.15) is 5.10 Å². The highest BCUT2D eigenvalue weighted by molar-refractivity contribution is 5.91. The Labute approximate surface area is 189 Å². The lowest BCUT2D eigenvalue weighted by atomic mass is 10.1. The van der Waals surface area contributed by atoms with Crippen LogP contribution in [0.1, 0.15) is 16.8 Å². The van der Waals surface area contributed by atoms with Crippen LogP contribution in [-0.4, -0.2) is 29.1 Å². The first kappa shape index (κ1) is 19.2. The Morgan fingerprint density at radius 1 is 0.909 bits per heavy atom. The molecular formula is C25H22N8. The zero-order chi connectivity index (χ0) is 22.4. The van der Waals surface area contributed by atoms with E-state index in [1.807, 2.05) is 48.3 Å². The normalized spacial score (nSPS) is 11.5. The lowest BCUT2D eigenvalue weighted by Crippen LogP contribution is -2.02. The quantitative estimate of drug-likeness (QED) is 0.422. The van der Waals surface area contributed by atoms with Crippen LogP contribution in [0.5, 0.6) is 0 Å². The molecule has 5 aromatic heterocycles. The van der Waals surface area contributed by atoms with Crippen LogP contribution in [0.4, 0.5) is 11.6 Å². The first-order valence-electron chi connectivity index (χ1n) is 10.8. The molecule has 0 radical (unpaired) electrons. The smallest absolute Gasteiger partial charge is 0.137 e. The van der Waals surface area contributed by atoms with E-state index in [2.05, 4.69) is 49.1 Å². The lowest BCUT2D eigenvalue weighted by Gasteiger charge is -2.08. The Kier molecular flexibility index (Phi) is 4.43. The summed E-state index contributed by atoms with van der Waals surface area (Å²) < 4.78 is 4.00. The molecule has 0 fully saturated rings. The zero-order valence-corrected chi connectivity index (χ0v) is 18.1. The maximum Gasteiger partial charge on any atom is 0.137 e. The van der Waals surface area contributed by atoms with E-state index in [-0.39, 0.29) is 0 Å². The van der Waals surface area contributed by atoms with Crippen LogP contribution in [0, 0.1) is 6.92 Å². The first-order valence-corrected chi connectivity index (χ1v) is 10.8. The summed E-state index contributed by atoms with van der Waals surface area (Å²) in [5.74, 6) is 1.36. The molecule has 3 N–H and O–H groups in total. The number of nitrogens with two attached hydrogens (primary N) is 1. The predicted octanol–water partition coefficient (Wildman–Crippen LogP) is 4.18. The number of aryl methyl sites for hydroxylation is 1. The van der Waals surface area contributed by atoms with Gasteiger partial charge in [0, 0.05) is 42.9 Å². The van der Waals surface area contributed by atoms with E-state index in [9.17, 15) is 0 Å². The van der Waals surface area contributed by atoms with Gasteiger partial charge >= 0.3 is 0 Å². The number of aromatic nitrogens is 6. The number of hydrogen-bond donors (Lipinski definition) is 2. The van der Waals surface area contributed by atoms with Crippen LogP contribution in [0.2, 0.25) is 0 Å². The molecule has 8 nitrogen and oxygen atoms in total. The van der Waals surface area contributed by atoms with Crippen LogP contribution in [0.25, 0.3) is 27.3 Å². The van der Waals surface area contributed by atoms with Gasteiger partial charge in [0.25, 0.3) is 0 Å². The molecule has 6 aromatic rings. The molecule has 33 heavy (non-hydrogen) atoms. The van der Waals surface area contributed by atoms with Crippen molar-refractivity contribution in [1.82, 2.24) is 29.1 Å². The molecule has 0 spiro atoms. The minimum atomic E-state index is 0.549. The third kappa shape index (κ3) is 3.61. The monoisotopic (exact) mass is 434 g/mol. The average molecular weight is 435 g/mol. The molecule has 0 bridgehead atoms. The molecule has 0 aliphatic rings. The Bertz CT molecular complexity index is 1630. The Balaban J connectivity index is 1.25. The summed E-state index contributed by atoms with van der Waals surface area (Å²) in [5.41, 5.74) is 11.1. The lowest BCUT2D eigenvalue weighted by molar-refractivity contribution is 0.693. The van der Waals surface area contributed by atoms with Gasteiger partial charge < -0.3 is 15.5 Å². The Hall–Kier alpha value is -4.46. The second kappa shape index (κ2) is 7.59. The van der Waals surface area contributed by atoms with Crippen molar-refractivity contribution in [2.45, 2.75) is 20.0 Å².